The van der Waals surface area contributed by atoms with E-state index in [4.69, 9.17) is 11.6 Å². The molecule has 0 nitrogen and oxygen atoms in total. The van der Waals surface area contributed by atoms with E-state index < -0.39 is 0 Å². The van der Waals surface area contributed by atoms with Crippen LogP contribution >= 0.6 is 11.6 Å². The van der Waals surface area contributed by atoms with Crippen molar-refractivity contribution in [1.82, 2.24) is 0 Å². The third kappa shape index (κ3) is 3.08. The summed E-state index contributed by atoms with van der Waals surface area (Å²) in [5.41, 5.74) is 3.45. The maximum atomic E-state index is 5.53. The van der Waals surface area contributed by atoms with Crippen molar-refractivity contribution < 1.29 is 0 Å². The Morgan fingerprint density at radius 1 is 1.38 bits per heavy atom. The van der Waals surface area contributed by atoms with Crippen molar-refractivity contribution in [2.24, 2.45) is 0 Å². The number of halogens is 1. The van der Waals surface area contributed by atoms with Gasteiger partial charge in [-0.05, 0) is 18.1 Å². The Morgan fingerprint density at radius 2 is 2.00 bits per heavy atom. The Labute approximate surface area is 84.5 Å². The third-order valence-corrected chi connectivity index (χ3v) is 1.98. The molecular formula is C12H13Cl. The molecule has 1 aromatic rings. The van der Waals surface area contributed by atoms with Gasteiger partial charge < -0.3 is 0 Å². The van der Waals surface area contributed by atoms with E-state index in [0.717, 1.165) is 5.57 Å². The van der Waals surface area contributed by atoms with Crippen LogP contribution in [0.5, 0.6) is 0 Å². The number of hydrogen-bond donors (Lipinski definition) is 0. The third-order valence-electron chi connectivity index (χ3n) is 1.80. The summed E-state index contributed by atoms with van der Waals surface area (Å²) < 4.78 is 0. The fraction of sp³-hybridized carbons (Fsp3) is 0.167. The molecule has 68 valence electrons. The number of hydrogen-bond acceptors (Lipinski definition) is 0. The van der Waals surface area contributed by atoms with Crippen LogP contribution in [0, 0.1) is 0 Å². The van der Waals surface area contributed by atoms with Crippen LogP contribution in [0.15, 0.2) is 36.9 Å². The predicted octanol–water partition coefficient (Wildman–Crippen LogP) is 3.97. The van der Waals surface area contributed by atoms with Gasteiger partial charge >= 0.3 is 0 Å². The molecule has 0 atom stereocenters. The largest absolute Gasteiger partial charge is 0.122 e. The van der Waals surface area contributed by atoms with Gasteiger partial charge in [0.15, 0.2) is 0 Å². The van der Waals surface area contributed by atoms with Crippen LogP contribution in [-0.2, 0) is 0 Å². The average Bonchev–Trinajstić information content (AvgIpc) is 2.15. The van der Waals surface area contributed by atoms with Crippen molar-refractivity contribution in [3.8, 4) is 0 Å². The first-order chi connectivity index (χ1) is 6.24. The minimum absolute atomic E-state index is 0.558. The molecule has 1 heteroatoms. The molecule has 1 rings (SSSR count). The molecule has 0 aromatic heterocycles. The number of rotatable bonds is 3. The molecule has 0 amide bonds. The number of alkyl halides is 1. The highest BCUT2D eigenvalue weighted by atomic mass is 35.5. The van der Waals surface area contributed by atoms with Gasteiger partial charge in [-0.15, -0.1) is 11.6 Å². The van der Waals surface area contributed by atoms with Gasteiger partial charge in [0.05, 0.1) is 0 Å². The van der Waals surface area contributed by atoms with Gasteiger partial charge in [-0.3, -0.25) is 0 Å². The van der Waals surface area contributed by atoms with Crippen molar-refractivity contribution in [3.05, 3.63) is 48.0 Å². The predicted molar refractivity (Wildman–Crippen MR) is 60.9 cm³/mol. The molecule has 0 spiro atoms. The second-order valence-electron chi connectivity index (χ2n) is 2.96. The lowest BCUT2D eigenvalue weighted by Gasteiger charge is -1.99. The molecule has 0 unspecified atom stereocenters. The average molecular weight is 193 g/mol. The topological polar surface area (TPSA) is 0 Å². The quantitative estimate of drug-likeness (QED) is 0.636. The highest BCUT2D eigenvalue weighted by Gasteiger charge is 1.91. The SMILES string of the molecule is C=C(C)c1ccc(C=CCCl)cc1. The van der Waals surface area contributed by atoms with Crippen LogP contribution < -0.4 is 0 Å². The Bertz CT molecular complexity index is 306. The summed E-state index contributed by atoms with van der Waals surface area (Å²) in [6.45, 7) is 5.88. The van der Waals surface area contributed by atoms with E-state index in [9.17, 15) is 0 Å². The lowest BCUT2D eigenvalue weighted by atomic mass is 10.1. The molecule has 0 heterocycles. The molecule has 0 saturated heterocycles. The molecule has 0 radical (unpaired) electrons. The normalized spacial score (nSPS) is 10.6. The van der Waals surface area contributed by atoms with E-state index in [1.165, 1.54) is 11.1 Å². The van der Waals surface area contributed by atoms with Crippen molar-refractivity contribution in [2.45, 2.75) is 6.92 Å². The smallest absolute Gasteiger partial charge is 0.0407 e. The molecule has 0 saturated carbocycles. The summed E-state index contributed by atoms with van der Waals surface area (Å²) in [7, 11) is 0. The summed E-state index contributed by atoms with van der Waals surface area (Å²) in [6, 6.07) is 8.26. The molecule has 0 aliphatic carbocycles. The van der Waals surface area contributed by atoms with Crippen molar-refractivity contribution >= 4 is 23.3 Å². The van der Waals surface area contributed by atoms with Crippen LogP contribution in [0.2, 0.25) is 0 Å². The van der Waals surface area contributed by atoms with Gasteiger partial charge in [0.2, 0.25) is 0 Å². The summed E-state index contributed by atoms with van der Waals surface area (Å²) in [5.74, 6) is 0.558. The van der Waals surface area contributed by atoms with Gasteiger partial charge in [-0.2, -0.15) is 0 Å². The van der Waals surface area contributed by atoms with E-state index >= 15 is 0 Å². The highest BCUT2D eigenvalue weighted by molar-refractivity contribution is 6.19. The first kappa shape index (κ1) is 10.1. The zero-order valence-electron chi connectivity index (χ0n) is 7.76. The Morgan fingerprint density at radius 3 is 2.46 bits per heavy atom. The molecular weight excluding hydrogens is 180 g/mol. The number of benzene rings is 1. The van der Waals surface area contributed by atoms with Gasteiger partial charge in [-0.1, -0.05) is 48.6 Å². The fourth-order valence-electron chi connectivity index (χ4n) is 1.06. The molecule has 13 heavy (non-hydrogen) atoms. The van der Waals surface area contributed by atoms with Crippen LogP contribution in [0.3, 0.4) is 0 Å². The van der Waals surface area contributed by atoms with E-state index in [-0.39, 0.29) is 0 Å². The first-order valence-electron chi connectivity index (χ1n) is 4.22. The molecule has 0 fully saturated rings. The minimum Gasteiger partial charge on any atom is -0.122 e. The van der Waals surface area contributed by atoms with E-state index in [0.29, 0.717) is 5.88 Å². The molecule has 0 aliphatic heterocycles. The summed E-state index contributed by atoms with van der Waals surface area (Å²) >= 11 is 5.53. The van der Waals surface area contributed by atoms with E-state index in [1.54, 1.807) is 0 Å². The maximum absolute atomic E-state index is 5.53. The van der Waals surface area contributed by atoms with E-state index in [2.05, 4.69) is 30.8 Å². The second kappa shape index (κ2) is 4.88. The van der Waals surface area contributed by atoms with Crippen molar-refractivity contribution in [1.29, 1.82) is 0 Å². The van der Waals surface area contributed by atoms with Gasteiger partial charge in [0.1, 0.15) is 0 Å². The lowest BCUT2D eigenvalue weighted by Crippen LogP contribution is -1.78. The van der Waals surface area contributed by atoms with E-state index in [1.807, 2.05) is 19.1 Å². The fourth-order valence-corrected chi connectivity index (χ4v) is 1.15. The molecule has 0 aliphatic rings. The Kier molecular flexibility index (Phi) is 3.78. The number of allylic oxidation sites excluding steroid dienone is 2. The van der Waals surface area contributed by atoms with Crippen LogP contribution in [0.25, 0.3) is 11.6 Å². The Balaban J connectivity index is 2.81. The van der Waals surface area contributed by atoms with Crippen LogP contribution in [0.4, 0.5) is 0 Å². The second-order valence-corrected chi connectivity index (χ2v) is 3.27. The standard InChI is InChI=1S/C12H13Cl/c1-10(2)12-7-5-11(6-8-12)4-3-9-13/h3-8H,1,9H2,2H3. The summed E-state index contributed by atoms with van der Waals surface area (Å²) in [5, 5.41) is 0. The summed E-state index contributed by atoms with van der Waals surface area (Å²) in [6.07, 6.45) is 3.94. The highest BCUT2D eigenvalue weighted by Crippen LogP contribution is 2.13. The van der Waals surface area contributed by atoms with Crippen LogP contribution in [0.1, 0.15) is 18.1 Å². The molecule has 1 aromatic carbocycles. The van der Waals surface area contributed by atoms with Gasteiger partial charge in [0.25, 0.3) is 0 Å². The summed E-state index contributed by atoms with van der Waals surface area (Å²) in [4.78, 5) is 0. The van der Waals surface area contributed by atoms with Crippen LogP contribution in [-0.4, -0.2) is 5.88 Å². The zero-order chi connectivity index (χ0) is 9.68. The monoisotopic (exact) mass is 192 g/mol. The first-order valence-corrected chi connectivity index (χ1v) is 4.76. The zero-order valence-corrected chi connectivity index (χ0v) is 8.51. The minimum atomic E-state index is 0.558. The molecule has 0 N–H and O–H groups in total. The lowest BCUT2D eigenvalue weighted by molar-refractivity contribution is 1.56. The van der Waals surface area contributed by atoms with Crippen molar-refractivity contribution in [2.75, 3.05) is 5.88 Å². The maximum Gasteiger partial charge on any atom is 0.0407 e. The Hall–Kier alpha value is -1.01. The van der Waals surface area contributed by atoms with Crippen molar-refractivity contribution in [3.63, 3.8) is 0 Å². The van der Waals surface area contributed by atoms with Gasteiger partial charge in [-0.25, -0.2) is 0 Å². The van der Waals surface area contributed by atoms with Gasteiger partial charge in [0, 0.05) is 5.88 Å². The molecule has 0 bridgehead atoms.